The smallest absolute Gasteiger partial charge is 0.337 e. The zero-order chi connectivity index (χ0) is 12.4. The molecule has 1 heterocycles. The number of carbonyl (C=O) groups is 1. The average Bonchev–Trinajstić information content (AvgIpc) is 2.32. The number of rotatable bonds is 2. The van der Waals surface area contributed by atoms with E-state index in [1.165, 1.54) is 6.20 Å². The van der Waals surface area contributed by atoms with Gasteiger partial charge in [-0.3, -0.25) is 4.98 Å². The van der Waals surface area contributed by atoms with Crippen LogP contribution >= 0.6 is 11.6 Å². The first-order chi connectivity index (χ1) is 8.08. The second kappa shape index (κ2) is 4.55. The standard InChI is InChI=1S/C13H10ClNO2/c1-8-2-3-12(14)11(4-8)9-5-10(13(16)17)7-15-6-9/h2-7H,1H3,(H,16,17). The van der Waals surface area contributed by atoms with Crippen LogP contribution in [0, 0.1) is 6.92 Å². The Bertz CT molecular complexity index is 581. The van der Waals surface area contributed by atoms with Gasteiger partial charge in [-0.1, -0.05) is 23.2 Å². The zero-order valence-electron chi connectivity index (χ0n) is 9.14. The molecule has 0 aliphatic rings. The first-order valence-electron chi connectivity index (χ1n) is 5.03. The molecule has 0 amide bonds. The highest BCUT2D eigenvalue weighted by Crippen LogP contribution is 2.28. The molecule has 1 N–H and O–H groups in total. The lowest BCUT2D eigenvalue weighted by Crippen LogP contribution is -1.97. The van der Waals surface area contributed by atoms with Gasteiger partial charge >= 0.3 is 5.97 Å². The van der Waals surface area contributed by atoms with Crippen LogP contribution in [0.15, 0.2) is 36.7 Å². The van der Waals surface area contributed by atoms with Crippen molar-refractivity contribution in [1.29, 1.82) is 0 Å². The Labute approximate surface area is 104 Å². The molecule has 2 rings (SSSR count). The summed E-state index contributed by atoms with van der Waals surface area (Å²) in [5.74, 6) is -0.997. The largest absolute Gasteiger partial charge is 0.478 e. The lowest BCUT2D eigenvalue weighted by molar-refractivity contribution is 0.0696. The Morgan fingerprint density at radius 1 is 1.29 bits per heavy atom. The summed E-state index contributed by atoms with van der Waals surface area (Å²) in [7, 11) is 0. The van der Waals surface area contributed by atoms with Crippen LogP contribution in [0.1, 0.15) is 15.9 Å². The molecule has 0 fully saturated rings. The molecule has 1 aromatic carbocycles. The molecule has 0 atom stereocenters. The topological polar surface area (TPSA) is 50.2 Å². The number of hydrogen-bond acceptors (Lipinski definition) is 2. The number of benzene rings is 1. The van der Waals surface area contributed by atoms with Crippen LogP contribution in [-0.2, 0) is 0 Å². The third-order valence-electron chi connectivity index (χ3n) is 2.42. The third-order valence-corrected chi connectivity index (χ3v) is 2.75. The molecule has 17 heavy (non-hydrogen) atoms. The van der Waals surface area contributed by atoms with Gasteiger partial charge in [-0.25, -0.2) is 4.79 Å². The van der Waals surface area contributed by atoms with Crippen molar-refractivity contribution < 1.29 is 9.90 Å². The van der Waals surface area contributed by atoms with E-state index in [2.05, 4.69) is 4.98 Å². The monoisotopic (exact) mass is 247 g/mol. The van der Waals surface area contributed by atoms with E-state index in [1.807, 2.05) is 19.1 Å². The van der Waals surface area contributed by atoms with Crippen molar-refractivity contribution in [3.8, 4) is 11.1 Å². The summed E-state index contributed by atoms with van der Waals surface area (Å²) < 4.78 is 0. The quantitative estimate of drug-likeness (QED) is 0.885. The predicted molar refractivity (Wildman–Crippen MR) is 66.4 cm³/mol. The lowest BCUT2D eigenvalue weighted by atomic mass is 10.0. The van der Waals surface area contributed by atoms with E-state index < -0.39 is 5.97 Å². The first-order valence-corrected chi connectivity index (χ1v) is 5.40. The number of aromatic nitrogens is 1. The van der Waals surface area contributed by atoms with Crippen molar-refractivity contribution >= 4 is 17.6 Å². The Morgan fingerprint density at radius 3 is 2.76 bits per heavy atom. The fourth-order valence-corrected chi connectivity index (χ4v) is 1.79. The van der Waals surface area contributed by atoms with Crippen LogP contribution in [0.4, 0.5) is 0 Å². The second-order valence-corrected chi connectivity index (χ2v) is 4.16. The van der Waals surface area contributed by atoms with Crippen LogP contribution in [0.25, 0.3) is 11.1 Å². The van der Waals surface area contributed by atoms with E-state index in [1.54, 1.807) is 18.3 Å². The van der Waals surface area contributed by atoms with E-state index in [0.29, 0.717) is 10.6 Å². The van der Waals surface area contributed by atoms with Crippen LogP contribution < -0.4 is 0 Å². The molecule has 0 spiro atoms. The summed E-state index contributed by atoms with van der Waals surface area (Å²) in [5, 5.41) is 9.49. The van der Waals surface area contributed by atoms with Gasteiger partial charge in [0.1, 0.15) is 0 Å². The minimum atomic E-state index is -0.997. The van der Waals surface area contributed by atoms with Gasteiger partial charge < -0.3 is 5.11 Å². The Hall–Kier alpha value is -1.87. The van der Waals surface area contributed by atoms with Gasteiger partial charge in [0.2, 0.25) is 0 Å². The van der Waals surface area contributed by atoms with Gasteiger partial charge in [-0.2, -0.15) is 0 Å². The maximum Gasteiger partial charge on any atom is 0.337 e. The highest BCUT2D eigenvalue weighted by Gasteiger charge is 2.08. The number of pyridine rings is 1. The number of aromatic carboxylic acids is 1. The van der Waals surface area contributed by atoms with Crippen molar-refractivity contribution in [2.45, 2.75) is 6.92 Å². The van der Waals surface area contributed by atoms with Gasteiger partial charge in [-0.05, 0) is 25.1 Å². The van der Waals surface area contributed by atoms with E-state index in [-0.39, 0.29) is 5.56 Å². The Morgan fingerprint density at radius 2 is 2.06 bits per heavy atom. The molecule has 86 valence electrons. The summed E-state index contributed by atoms with van der Waals surface area (Å²) >= 11 is 6.09. The van der Waals surface area contributed by atoms with Crippen molar-refractivity contribution in [3.05, 3.63) is 52.8 Å². The number of aryl methyl sites for hydroxylation is 1. The molecule has 3 nitrogen and oxygen atoms in total. The zero-order valence-corrected chi connectivity index (χ0v) is 9.90. The van der Waals surface area contributed by atoms with Crippen molar-refractivity contribution in [3.63, 3.8) is 0 Å². The molecule has 0 unspecified atom stereocenters. The summed E-state index contributed by atoms with van der Waals surface area (Å²) in [5.41, 5.74) is 2.71. The maximum absolute atomic E-state index is 10.9. The van der Waals surface area contributed by atoms with E-state index in [0.717, 1.165) is 11.1 Å². The molecule has 0 aliphatic carbocycles. The molecule has 4 heteroatoms. The SMILES string of the molecule is Cc1ccc(Cl)c(-c2cncc(C(=O)O)c2)c1. The molecule has 1 aromatic heterocycles. The number of hydrogen-bond donors (Lipinski definition) is 1. The third kappa shape index (κ3) is 2.45. The second-order valence-electron chi connectivity index (χ2n) is 3.75. The molecular formula is C13H10ClNO2. The number of halogens is 1. The first kappa shape index (κ1) is 11.6. The Balaban J connectivity index is 2.56. The molecule has 0 bridgehead atoms. The van der Waals surface area contributed by atoms with Gasteiger partial charge in [0, 0.05) is 28.5 Å². The van der Waals surface area contributed by atoms with Gasteiger partial charge in [0.05, 0.1) is 5.56 Å². The number of carboxylic acids is 1. The number of nitrogens with zero attached hydrogens (tertiary/aromatic N) is 1. The van der Waals surface area contributed by atoms with Crippen LogP contribution in [0.5, 0.6) is 0 Å². The molecule has 0 saturated carbocycles. The van der Waals surface area contributed by atoms with E-state index in [9.17, 15) is 4.79 Å². The van der Waals surface area contributed by atoms with Crippen molar-refractivity contribution in [2.24, 2.45) is 0 Å². The minimum Gasteiger partial charge on any atom is -0.478 e. The maximum atomic E-state index is 10.9. The van der Waals surface area contributed by atoms with E-state index >= 15 is 0 Å². The fourth-order valence-electron chi connectivity index (χ4n) is 1.56. The summed E-state index contributed by atoms with van der Waals surface area (Å²) in [4.78, 5) is 14.8. The van der Waals surface area contributed by atoms with Gasteiger partial charge in [0.25, 0.3) is 0 Å². The highest BCUT2D eigenvalue weighted by atomic mass is 35.5. The average molecular weight is 248 g/mol. The summed E-state index contributed by atoms with van der Waals surface area (Å²) in [6.07, 6.45) is 2.92. The molecule has 2 aromatic rings. The lowest BCUT2D eigenvalue weighted by Gasteiger charge is -2.06. The Kier molecular flexibility index (Phi) is 3.11. The summed E-state index contributed by atoms with van der Waals surface area (Å²) in [6, 6.07) is 7.17. The van der Waals surface area contributed by atoms with Gasteiger partial charge in [-0.15, -0.1) is 0 Å². The molecule has 0 aliphatic heterocycles. The fraction of sp³-hybridized carbons (Fsp3) is 0.0769. The van der Waals surface area contributed by atoms with E-state index in [4.69, 9.17) is 16.7 Å². The van der Waals surface area contributed by atoms with Crippen molar-refractivity contribution in [2.75, 3.05) is 0 Å². The molecular weight excluding hydrogens is 238 g/mol. The van der Waals surface area contributed by atoms with Gasteiger partial charge in [0.15, 0.2) is 0 Å². The van der Waals surface area contributed by atoms with Crippen molar-refractivity contribution in [1.82, 2.24) is 4.98 Å². The normalized spacial score (nSPS) is 10.2. The predicted octanol–water partition coefficient (Wildman–Crippen LogP) is 3.41. The highest BCUT2D eigenvalue weighted by molar-refractivity contribution is 6.33. The van der Waals surface area contributed by atoms with Crippen LogP contribution in [-0.4, -0.2) is 16.1 Å². The van der Waals surface area contributed by atoms with Crippen LogP contribution in [0.2, 0.25) is 5.02 Å². The minimum absolute atomic E-state index is 0.153. The number of carboxylic acid groups (broad SMARTS) is 1. The van der Waals surface area contributed by atoms with Crippen LogP contribution in [0.3, 0.4) is 0 Å². The summed E-state index contributed by atoms with van der Waals surface area (Å²) in [6.45, 7) is 1.95. The molecule has 0 radical (unpaired) electrons. The molecule has 0 saturated heterocycles.